The Kier molecular flexibility index (Phi) is 6.39. The number of sulfone groups is 1. The number of nitrogens with zero attached hydrogens (tertiary/aromatic N) is 1. The molecule has 0 aromatic heterocycles. The normalized spacial score (nSPS) is 19.1. The minimum Gasteiger partial charge on any atom is -0.494 e. The van der Waals surface area contributed by atoms with E-state index in [1.165, 1.54) is 0 Å². The molecule has 3 rings (SSSR count). The highest BCUT2D eigenvalue weighted by Crippen LogP contribution is 2.30. The summed E-state index contributed by atoms with van der Waals surface area (Å²) in [7, 11) is -3.10. The zero-order valence-corrected chi connectivity index (χ0v) is 17.2. The third-order valence-electron chi connectivity index (χ3n) is 5.11. The molecule has 0 spiro atoms. The number of ether oxygens (including phenoxy) is 1. The van der Waals surface area contributed by atoms with Gasteiger partial charge >= 0.3 is 0 Å². The van der Waals surface area contributed by atoms with E-state index in [1.54, 1.807) is 29.2 Å². The van der Waals surface area contributed by atoms with Crippen molar-refractivity contribution in [2.45, 2.75) is 38.8 Å². The summed E-state index contributed by atoms with van der Waals surface area (Å²) in [5, 5.41) is 0. The number of carbonyl (C=O) groups excluding carboxylic acids is 1. The number of benzene rings is 2. The lowest BCUT2D eigenvalue weighted by Crippen LogP contribution is -2.42. The molecule has 0 N–H and O–H groups in total. The predicted octanol–water partition coefficient (Wildman–Crippen LogP) is 3.87. The SMILES string of the molecule is CCCOc1ccc(C(=O)N([C@H]2CCS(=O)(=O)C2)[C@@H](C)c2ccccc2)cc1. The first-order valence-electron chi connectivity index (χ1n) is 9.72. The van der Waals surface area contributed by atoms with E-state index in [0.29, 0.717) is 18.6 Å². The smallest absolute Gasteiger partial charge is 0.254 e. The van der Waals surface area contributed by atoms with E-state index < -0.39 is 9.84 Å². The van der Waals surface area contributed by atoms with Crippen molar-refractivity contribution in [2.75, 3.05) is 18.1 Å². The molecule has 2 aromatic rings. The largest absolute Gasteiger partial charge is 0.494 e. The molecule has 0 bridgehead atoms. The Bertz CT molecular complexity index is 894. The molecule has 150 valence electrons. The van der Waals surface area contributed by atoms with Crippen molar-refractivity contribution in [3.63, 3.8) is 0 Å². The summed E-state index contributed by atoms with van der Waals surface area (Å²) in [5.74, 6) is 0.727. The maximum atomic E-state index is 13.4. The van der Waals surface area contributed by atoms with Crippen LogP contribution in [0.4, 0.5) is 0 Å². The molecule has 1 aliphatic rings. The molecule has 6 heteroatoms. The quantitative estimate of drug-likeness (QED) is 0.707. The molecule has 2 atom stereocenters. The highest BCUT2D eigenvalue weighted by molar-refractivity contribution is 7.91. The summed E-state index contributed by atoms with van der Waals surface area (Å²) in [4.78, 5) is 15.1. The summed E-state index contributed by atoms with van der Waals surface area (Å²) < 4.78 is 29.7. The van der Waals surface area contributed by atoms with Crippen LogP contribution in [0.2, 0.25) is 0 Å². The fourth-order valence-electron chi connectivity index (χ4n) is 3.61. The zero-order valence-electron chi connectivity index (χ0n) is 16.4. The van der Waals surface area contributed by atoms with Gasteiger partial charge in [-0.25, -0.2) is 8.42 Å². The van der Waals surface area contributed by atoms with Crippen LogP contribution in [-0.4, -0.2) is 43.4 Å². The van der Waals surface area contributed by atoms with Crippen LogP contribution in [0.5, 0.6) is 5.75 Å². The molecule has 1 heterocycles. The van der Waals surface area contributed by atoms with Gasteiger partial charge in [-0.15, -0.1) is 0 Å². The highest BCUT2D eigenvalue weighted by Gasteiger charge is 2.37. The van der Waals surface area contributed by atoms with Crippen molar-refractivity contribution < 1.29 is 17.9 Å². The highest BCUT2D eigenvalue weighted by atomic mass is 32.2. The zero-order chi connectivity index (χ0) is 20.1. The molecule has 28 heavy (non-hydrogen) atoms. The molecule has 0 unspecified atom stereocenters. The summed E-state index contributed by atoms with van der Waals surface area (Å²) in [5.41, 5.74) is 1.53. The first-order chi connectivity index (χ1) is 13.4. The van der Waals surface area contributed by atoms with Crippen LogP contribution in [0, 0.1) is 0 Å². The van der Waals surface area contributed by atoms with Crippen molar-refractivity contribution >= 4 is 15.7 Å². The second kappa shape index (κ2) is 8.78. The average molecular weight is 402 g/mol. The molecule has 1 fully saturated rings. The summed E-state index contributed by atoms with van der Waals surface area (Å²) in [6.07, 6.45) is 1.39. The standard InChI is InChI=1S/C22H27NO4S/c1-3-14-27-21-11-9-19(10-12-21)22(24)23(20-13-15-28(25,26)16-20)17(2)18-7-5-4-6-8-18/h4-12,17,20H,3,13-16H2,1-2H3/t17-,20-/m0/s1. The monoisotopic (exact) mass is 401 g/mol. The molecule has 5 nitrogen and oxygen atoms in total. The van der Waals surface area contributed by atoms with Crippen LogP contribution < -0.4 is 4.74 Å². The number of amides is 1. The van der Waals surface area contributed by atoms with Gasteiger partial charge in [-0.2, -0.15) is 0 Å². The Labute approximate surface area is 167 Å². The Hall–Kier alpha value is -2.34. The van der Waals surface area contributed by atoms with Gasteiger partial charge in [0, 0.05) is 11.6 Å². The van der Waals surface area contributed by atoms with Crippen LogP contribution in [0.25, 0.3) is 0 Å². The maximum absolute atomic E-state index is 13.4. The van der Waals surface area contributed by atoms with Gasteiger partial charge in [0.05, 0.1) is 24.2 Å². The summed E-state index contributed by atoms with van der Waals surface area (Å²) in [6, 6.07) is 16.3. The summed E-state index contributed by atoms with van der Waals surface area (Å²) >= 11 is 0. The van der Waals surface area contributed by atoms with Gasteiger partial charge < -0.3 is 9.64 Å². The summed E-state index contributed by atoms with van der Waals surface area (Å²) in [6.45, 7) is 4.62. The van der Waals surface area contributed by atoms with Crippen LogP contribution in [0.3, 0.4) is 0 Å². The first kappa shape index (κ1) is 20.4. The van der Waals surface area contributed by atoms with Gasteiger partial charge in [0.15, 0.2) is 9.84 Å². The third kappa shape index (κ3) is 4.73. The molecular weight excluding hydrogens is 374 g/mol. The Morgan fingerprint density at radius 1 is 1.14 bits per heavy atom. The van der Waals surface area contributed by atoms with Crippen LogP contribution in [-0.2, 0) is 9.84 Å². The van der Waals surface area contributed by atoms with Crippen molar-refractivity contribution in [2.24, 2.45) is 0 Å². The maximum Gasteiger partial charge on any atom is 0.254 e. The minimum absolute atomic E-state index is 0.0214. The Morgan fingerprint density at radius 2 is 1.82 bits per heavy atom. The van der Waals surface area contributed by atoms with Gasteiger partial charge in [-0.05, 0) is 49.6 Å². The topological polar surface area (TPSA) is 63.7 Å². The van der Waals surface area contributed by atoms with E-state index >= 15 is 0 Å². The fourth-order valence-corrected chi connectivity index (χ4v) is 5.32. The van der Waals surface area contributed by atoms with E-state index in [0.717, 1.165) is 17.7 Å². The first-order valence-corrected chi connectivity index (χ1v) is 11.5. The van der Waals surface area contributed by atoms with Crippen LogP contribution in [0.15, 0.2) is 54.6 Å². The average Bonchev–Trinajstić information content (AvgIpc) is 3.06. The van der Waals surface area contributed by atoms with Crippen molar-refractivity contribution in [3.8, 4) is 5.75 Å². The molecule has 2 aromatic carbocycles. The molecule has 1 aliphatic heterocycles. The molecule has 1 amide bonds. The predicted molar refractivity (Wildman–Crippen MR) is 110 cm³/mol. The third-order valence-corrected chi connectivity index (χ3v) is 6.86. The van der Waals surface area contributed by atoms with E-state index in [-0.39, 0.29) is 29.5 Å². The molecule has 1 saturated heterocycles. The number of rotatable bonds is 7. The van der Waals surface area contributed by atoms with E-state index in [2.05, 4.69) is 0 Å². The van der Waals surface area contributed by atoms with Crippen molar-refractivity contribution in [3.05, 3.63) is 65.7 Å². The van der Waals surface area contributed by atoms with Gasteiger partial charge in [0.2, 0.25) is 0 Å². The van der Waals surface area contributed by atoms with Crippen LogP contribution in [0.1, 0.15) is 48.7 Å². The lowest BCUT2D eigenvalue weighted by Gasteiger charge is -2.34. The molecule has 0 aliphatic carbocycles. The van der Waals surface area contributed by atoms with Gasteiger partial charge in [-0.3, -0.25) is 4.79 Å². The lowest BCUT2D eigenvalue weighted by molar-refractivity contribution is 0.0613. The lowest BCUT2D eigenvalue weighted by atomic mass is 10.0. The Balaban J connectivity index is 1.88. The molecule has 0 radical (unpaired) electrons. The number of hydrogen-bond acceptors (Lipinski definition) is 4. The van der Waals surface area contributed by atoms with E-state index in [4.69, 9.17) is 4.74 Å². The van der Waals surface area contributed by atoms with E-state index in [1.807, 2.05) is 44.2 Å². The molecular formula is C22H27NO4S. The van der Waals surface area contributed by atoms with Crippen molar-refractivity contribution in [1.29, 1.82) is 0 Å². The van der Waals surface area contributed by atoms with Gasteiger partial charge in [-0.1, -0.05) is 37.3 Å². The minimum atomic E-state index is -3.10. The van der Waals surface area contributed by atoms with Crippen LogP contribution >= 0.6 is 0 Å². The fraction of sp³-hybridized carbons (Fsp3) is 0.409. The van der Waals surface area contributed by atoms with Gasteiger partial charge in [0.25, 0.3) is 5.91 Å². The second-order valence-corrected chi connectivity index (χ2v) is 9.46. The second-order valence-electron chi connectivity index (χ2n) is 7.23. The molecule has 0 saturated carbocycles. The van der Waals surface area contributed by atoms with E-state index in [9.17, 15) is 13.2 Å². The number of carbonyl (C=O) groups is 1. The van der Waals surface area contributed by atoms with Crippen molar-refractivity contribution in [1.82, 2.24) is 4.90 Å². The number of hydrogen-bond donors (Lipinski definition) is 0. The van der Waals surface area contributed by atoms with Gasteiger partial charge in [0.1, 0.15) is 5.75 Å². The Morgan fingerprint density at radius 3 is 2.39 bits per heavy atom.